The first kappa shape index (κ1) is 12.9. The van der Waals surface area contributed by atoms with E-state index in [4.69, 9.17) is 4.74 Å². The molecule has 0 aromatic heterocycles. The number of rotatable bonds is 6. The molecule has 0 saturated carbocycles. The van der Waals surface area contributed by atoms with Crippen molar-refractivity contribution in [2.45, 2.75) is 25.8 Å². The number of nitrogens with one attached hydrogen (secondary N) is 1. The summed E-state index contributed by atoms with van der Waals surface area (Å²) in [5, 5.41) is 2.83. The molecular formula is C12H17F2NO. The molecular weight excluding hydrogens is 212 g/mol. The van der Waals surface area contributed by atoms with E-state index < -0.39 is 12.5 Å². The quantitative estimate of drug-likeness (QED) is 0.809. The number of halogens is 2. The Labute approximate surface area is 94.6 Å². The molecule has 4 heteroatoms. The van der Waals surface area contributed by atoms with Gasteiger partial charge in [-0.1, -0.05) is 19.1 Å². The molecule has 1 N–H and O–H groups in total. The molecule has 1 atom stereocenters. The van der Waals surface area contributed by atoms with Crippen LogP contribution < -0.4 is 10.1 Å². The smallest absolute Gasteiger partial charge is 0.257 e. The lowest BCUT2D eigenvalue weighted by atomic mass is 10.1. The number of ether oxygens (including phenoxy) is 1. The van der Waals surface area contributed by atoms with Crippen LogP contribution in [0.4, 0.5) is 8.78 Å². The molecule has 0 aliphatic rings. The molecule has 1 aromatic carbocycles. The first-order valence-corrected chi connectivity index (χ1v) is 5.34. The molecule has 0 aliphatic carbocycles. The van der Waals surface area contributed by atoms with Gasteiger partial charge in [0, 0.05) is 0 Å². The maximum atomic E-state index is 12.8. The normalized spacial score (nSPS) is 12.8. The van der Waals surface area contributed by atoms with Crippen LogP contribution >= 0.6 is 0 Å². The van der Waals surface area contributed by atoms with Crippen LogP contribution in [0.3, 0.4) is 0 Å². The second kappa shape index (κ2) is 6.43. The largest absolute Gasteiger partial charge is 0.497 e. The average molecular weight is 229 g/mol. The van der Waals surface area contributed by atoms with E-state index in [0.29, 0.717) is 17.9 Å². The van der Waals surface area contributed by atoms with Gasteiger partial charge < -0.3 is 10.1 Å². The molecule has 0 heterocycles. The van der Waals surface area contributed by atoms with E-state index in [0.717, 1.165) is 6.42 Å². The van der Waals surface area contributed by atoms with Crippen LogP contribution in [0.1, 0.15) is 24.9 Å². The highest BCUT2D eigenvalue weighted by Gasteiger charge is 2.21. The van der Waals surface area contributed by atoms with Gasteiger partial charge in [-0.2, -0.15) is 0 Å². The molecule has 0 bridgehead atoms. The Morgan fingerprint density at radius 2 is 1.88 bits per heavy atom. The molecule has 0 fully saturated rings. The van der Waals surface area contributed by atoms with Crippen molar-refractivity contribution in [3.63, 3.8) is 0 Å². The molecule has 1 aromatic rings. The zero-order chi connectivity index (χ0) is 12.0. The molecule has 0 aliphatic heterocycles. The Kier molecular flexibility index (Phi) is 5.19. The highest BCUT2D eigenvalue weighted by atomic mass is 19.3. The van der Waals surface area contributed by atoms with Crippen molar-refractivity contribution >= 4 is 0 Å². The Bertz CT molecular complexity index is 300. The van der Waals surface area contributed by atoms with Gasteiger partial charge in [-0.25, -0.2) is 8.78 Å². The van der Waals surface area contributed by atoms with Crippen molar-refractivity contribution in [1.82, 2.24) is 5.32 Å². The Morgan fingerprint density at radius 3 is 2.31 bits per heavy atom. The van der Waals surface area contributed by atoms with Gasteiger partial charge in [0.1, 0.15) is 5.75 Å². The van der Waals surface area contributed by atoms with Crippen molar-refractivity contribution in [3.8, 4) is 5.75 Å². The lowest BCUT2D eigenvalue weighted by Crippen LogP contribution is -2.27. The molecule has 0 radical (unpaired) electrons. The fourth-order valence-corrected chi connectivity index (χ4v) is 1.46. The third-order valence-corrected chi connectivity index (χ3v) is 2.34. The number of benzene rings is 1. The first-order chi connectivity index (χ1) is 7.69. The Hall–Kier alpha value is -1.16. The van der Waals surface area contributed by atoms with E-state index in [1.807, 2.05) is 6.92 Å². The van der Waals surface area contributed by atoms with Gasteiger partial charge in [-0.05, 0) is 30.7 Å². The van der Waals surface area contributed by atoms with E-state index in [-0.39, 0.29) is 0 Å². The Balaban J connectivity index is 2.75. The third-order valence-electron chi connectivity index (χ3n) is 2.34. The second-order valence-electron chi connectivity index (χ2n) is 3.54. The van der Waals surface area contributed by atoms with Crippen LogP contribution in [0.25, 0.3) is 0 Å². The van der Waals surface area contributed by atoms with E-state index in [2.05, 4.69) is 5.32 Å². The number of methoxy groups -OCH3 is 1. The van der Waals surface area contributed by atoms with E-state index in [1.54, 1.807) is 31.4 Å². The summed E-state index contributed by atoms with van der Waals surface area (Å²) in [6.07, 6.45) is -1.57. The molecule has 90 valence electrons. The predicted octanol–water partition coefficient (Wildman–Crippen LogP) is 3.00. The van der Waals surface area contributed by atoms with E-state index in [9.17, 15) is 8.78 Å². The van der Waals surface area contributed by atoms with Gasteiger partial charge in [-0.15, -0.1) is 0 Å². The van der Waals surface area contributed by atoms with Gasteiger partial charge in [0.25, 0.3) is 6.43 Å². The molecule has 16 heavy (non-hydrogen) atoms. The van der Waals surface area contributed by atoms with Crippen LogP contribution in [-0.2, 0) is 0 Å². The van der Waals surface area contributed by atoms with Gasteiger partial charge in [-0.3, -0.25) is 0 Å². The van der Waals surface area contributed by atoms with E-state index in [1.165, 1.54) is 0 Å². The highest BCUT2D eigenvalue weighted by Crippen LogP contribution is 2.22. The molecule has 0 saturated heterocycles. The zero-order valence-corrected chi connectivity index (χ0v) is 9.54. The summed E-state index contributed by atoms with van der Waals surface area (Å²) in [5.74, 6) is 0.673. The topological polar surface area (TPSA) is 21.3 Å². The average Bonchev–Trinajstić information content (AvgIpc) is 2.30. The number of hydrogen-bond acceptors (Lipinski definition) is 2. The molecule has 1 rings (SSSR count). The summed E-state index contributed by atoms with van der Waals surface area (Å²) in [4.78, 5) is 0. The van der Waals surface area contributed by atoms with E-state index >= 15 is 0 Å². The SMILES string of the molecule is CCCNC(c1ccc(OC)cc1)C(F)F. The van der Waals surface area contributed by atoms with Crippen molar-refractivity contribution < 1.29 is 13.5 Å². The molecule has 0 spiro atoms. The fraction of sp³-hybridized carbons (Fsp3) is 0.500. The van der Waals surface area contributed by atoms with Crippen LogP contribution in [0.5, 0.6) is 5.75 Å². The highest BCUT2D eigenvalue weighted by molar-refractivity contribution is 5.29. The van der Waals surface area contributed by atoms with Crippen molar-refractivity contribution in [3.05, 3.63) is 29.8 Å². The lowest BCUT2D eigenvalue weighted by molar-refractivity contribution is 0.0985. The summed E-state index contributed by atoms with van der Waals surface area (Å²) in [6, 6.07) is 5.82. The summed E-state index contributed by atoms with van der Waals surface area (Å²) >= 11 is 0. The Morgan fingerprint density at radius 1 is 1.25 bits per heavy atom. The standard InChI is InChI=1S/C12H17F2NO/c1-3-8-15-11(12(13)14)9-4-6-10(16-2)7-5-9/h4-7,11-12,15H,3,8H2,1-2H3. The molecule has 2 nitrogen and oxygen atoms in total. The molecule has 1 unspecified atom stereocenters. The summed E-state index contributed by atoms with van der Waals surface area (Å²) in [5.41, 5.74) is 0.587. The third kappa shape index (κ3) is 3.45. The van der Waals surface area contributed by atoms with Crippen LogP contribution in [0, 0.1) is 0 Å². The van der Waals surface area contributed by atoms with Gasteiger partial charge in [0.05, 0.1) is 13.2 Å². The van der Waals surface area contributed by atoms with Crippen LogP contribution in [0.15, 0.2) is 24.3 Å². The monoisotopic (exact) mass is 229 g/mol. The minimum Gasteiger partial charge on any atom is -0.497 e. The van der Waals surface area contributed by atoms with Crippen LogP contribution in [0.2, 0.25) is 0 Å². The summed E-state index contributed by atoms with van der Waals surface area (Å²) in [7, 11) is 1.55. The maximum Gasteiger partial charge on any atom is 0.257 e. The zero-order valence-electron chi connectivity index (χ0n) is 9.54. The number of hydrogen-bond donors (Lipinski definition) is 1. The summed E-state index contributed by atoms with van der Waals surface area (Å²) < 4.78 is 30.6. The van der Waals surface area contributed by atoms with Crippen molar-refractivity contribution in [2.75, 3.05) is 13.7 Å². The second-order valence-corrected chi connectivity index (χ2v) is 3.54. The maximum absolute atomic E-state index is 12.8. The van der Waals surface area contributed by atoms with Crippen LogP contribution in [-0.4, -0.2) is 20.1 Å². The minimum absolute atomic E-state index is 0.584. The summed E-state index contributed by atoms with van der Waals surface area (Å²) in [6.45, 7) is 2.53. The van der Waals surface area contributed by atoms with Crippen molar-refractivity contribution in [2.24, 2.45) is 0 Å². The lowest BCUT2D eigenvalue weighted by Gasteiger charge is -2.18. The van der Waals surface area contributed by atoms with Crippen molar-refractivity contribution in [1.29, 1.82) is 0 Å². The van der Waals surface area contributed by atoms with Gasteiger partial charge in [0.15, 0.2) is 0 Å². The fourth-order valence-electron chi connectivity index (χ4n) is 1.46. The molecule has 0 amide bonds. The number of alkyl halides is 2. The predicted molar refractivity (Wildman–Crippen MR) is 60.0 cm³/mol. The minimum atomic E-state index is -2.40. The van der Waals surface area contributed by atoms with Gasteiger partial charge in [0.2, 0.25) is 0 Å². The van der Waals surface area contributed by atoms with Gasteiger partial charge >= 0.3 is 0 Å². The first-order valence-electron chi connectivity index (χ1n) is 5.34.